The maximum absolute atomic E-state index is 13.3. The zero-order valence-corrected chi connectivity index (χ0v) is 19.9. The van der Waals surface area contributed by atoms with Gasteiger partial charge in [0.2, 0.25) is 0 Å². The summed E-state index contributed by atoms with van der Waals surface area (Å²) >= 11 is 0. The molecule has 0 spiro atoms. The fourth-order valence-electron chi connectivity index (χ4n) is 4.38. The van der Waals surface area contributed by atoms with E-state index in [0.29, 0.717) is 31.4 Å². The number of urea groups is 1. The van der Waals surface area contributed by atoms with E-state index in [1.165, 1.54) is 0 Å². The summed E-state index contributed by atoms with van der Waals surface area (Å²) in [6.45, 7) is 10.2. The Morgan fingerprint density at radius 2 is 1.85 bits per heavy atom. The molecule has 2 N–H and O–H groups in total. The zero-order chi connectivity index (χ0) is 23.5. The standard InChI is InChI=1S/C26H33N5O2/c1-17(2)16-31-23-8-6-5-7-21(23)28-24(25(31)32)30-13-11-20(12-14-30)27-26(33)29-22-15-18(3)9-10-19(22)4/h5-10,15,17,20H,11-14,16H2,1-4H3,(H2,27,29,33). The molecule has 3 aromatic rings. The van der Waals surface area contributed by atoms with Crippen LogP contribution in [0.3, 0.4) is 0 Å². The third kappa shape index (κ3) is 5.18. The second kappa shape index (κ2) is 9.65. The Labute approximate surface area is 194 Å². The molecule has 1 aliphatic heterocycles. The largest absolute Gasteiger partial charge is 0.352 e. The van der Waals surface area contributed by atoms with Gasteiger partial charge in [0.25, 0.3) is 5.56 Å². The van der Waals surface area contributed by atoms with Crippen molar-refractivity contribution < 1.29 is 4.79 Å². The van der Waals surface area contributed by atoms with E-state index in [4.69, 9.17) is 4.98 Å². The van der Waals surface area contributed by atoms with Gasteiger partial charge in [0, 0.05) is 31.4 Å². The highest BCUT2D eigenvalue weighted by Crippen LogP contribution is 2.20. The number of carbonyl (C=O) groups excluding carboxylic acids is 1. The summed E-state index contributed by atoms with van der Waals surface area (Å²) in [6, 6.07) is 13.7. The molecule has 0 saturated carbocycles. The Hall–Kier alpha value is -3.35. The number of amides is 2. The zero-order valence-electron chi connectivity index (χ0n) is 19.9. The van der Waals surface area contributed by atoms with Crippen molar-refractivity contribution in [1.29, 1.82) is 0 Å². The number of hydrogen-bond donors (Lipinski definition) is 2. The quantitative estimate of drug-likeness (QED) is 0.605. The summed E-state index contributed by atoms with van der Waals surface area (Å²) in [6.07, 6.45) is 1.52. The molecule has 0 aliphatic carbocycles. The van der Waals surface area contributed by atoms with Gasteiger partial charge in [0.1, 0.15) is 0 Å². The first-order chi connectivity index (χ1) is 15.8. The van der Waals surface area contributed by atoms with Crippen molar-refractivity contribution in [1.82, 2.24) is 14.9 Å². The molecule has 4 rings (SSSR count). The van der Waals surface area contributed by atoms with E-state index in [2.05, 4.69) is 29.4 Å². The summed E-state index contributed by atoms with van der Waals surface area (Å²) in [5, 5.41) is 6.05. The van der Waals surface area contributed by atoms with E-state index in [9.17, 15) is 9.59 Å². The Balaban J connectivity index is 1.44. The lowest BCUT2D eigenvalue weighted by Crippen LogP contribution is -2.47. The summed E-state index contributed by atoms with van der Waals surface area (Å²) in [5.74, 6) is 0.861. The minimum absolute atomic E-state index is 0.0403. The first-order valence-corrected chi connectivity index (χ1v) is 11.7. The van der Waals surface area contributed by atoms with E-state index in [-0.39, 0.29) is 17.6 Å². The highest BCUT2D eigenvalue weighted by Gasteiger charge is 2.25. The molecule has 0 atom stereocenters. The minimum Gasteiger partial charge on any atom is -0.352 e. The number of para-hydroxylation sites is 2. The van der Waals surface area contributed by atoms with Crippen molar-refractivity contribution in [3.05, 3.63) is 63.9 Å². The van der Waals surface area contributed by atoms with Crippen LogP contribution in [0.1, 0.15) is 37.8 Å². The van der Waals surface area contributed by atoms with Crippen molar-refractivity contribution in [2.75, 3.05) is 23.3 Å². The summed E-state index contributed by atoms with van der Waals surface area (Å²) in [7, 11) is 0. The Morgan fingerprint density at radius 1 is 1.12 bits per heavy atom. The van der Waals surface area contributed by atoms with Crippen LogP contribution in [0.5, 0.6) is 0 Å². The Bertz CT molecular complexity index is 1210. The number of hydrogen-bond acceptors (Lipinski definition) is 4. The van der Waals surface area contributed by atoms with Crippen molar-refractivity contribution in [3.8, 4) is 0 Å². The summed E-state index contributed by atoms with van der Waals surface area (Å²) in [4.78, 5) is 32.6. The molecular formula is C26H33N5O2. The van der Waals surface area contributed by atoms with Gasteiger partial charge in [0.05, 0.1) is 11.0 Å². The topological polar surface area (TPSA) is 79.3 Å². The van der Waals surface area contributed by atoms with Crippen LogP contribution in [-0.4, -0.2) is 34.7 Å². The number of nitrogens with one attached hydrogen (secondary N) is 2. The average molecular weight is 448 g/mol. The van der Waals surface area contributed by atoms with E-state index in [0.717, 1.165) is 40.7 Å². The second-order valence-corrected chi connectivity index (χ2v) is 9.41. The first-order valence-electron chi connectivity index (χ1n) is 11.7. The summed E-state index contributed by atoms with van der Waals surface area (Å²) < 4.78 is 1.85. The number of benzene rings is 2. The number of aromatic nitrogens is 2. The number of nitrogens with zero attached hydrogens (tertiary/aromatic N) is 3. The van der Waals surface area contributed by atoms with Crippen LogP contribution in [0.2, 0.25) is 0 Å². The molecule has 0 radical (unpaired) electrons. The lowest BCUT2D eigenvalue weighted by Gasteiger charge is -2.33. The molecule has 0 bridgehead atoms. The molecule has 7 heteroatoms. The molecule has 1 saturated heterocycles. The molecule has 1 aliphatic rings. The van der Waals surface area contributed by atoms with Crippen LogP contribution in [0.4, 0.5) is 16.3 Å². The predicted octanol–water partition coefficient (Wildman–Crippen LogP) is 4.46. The van der Waals surface area contributed by atoms with Gasteiger partial charge >= 0.3 is 6.03 Å². The number of piperidine rings is 1. The molecular weight excluding hydrogens is 414 g/mol. The lowest BCUT2D eigenvalue weighted by molar-refractivity contribution is 0.246. The Morgan fingerprint density at radius 3 is 2.58 bits per heavy atom. The van der Waals surface area contributed by atoms with Gasteiger partial charge in [-0.2, -0.15) is 0 Å². The van der Waals surface area contributed by atoms with Crippen molar-refractivity contribution in [2.45, 2.75) is 53.1 Å². The van der Waals surface area contributed by atoms with Crippen LogP contribution < -0.4 is 21.1 Å². The average Bonchev–Trinajstić information content (AvgIpc) is 2.78. The summed E-state index contributed by atoms with van der Waals surface area (Å²) in [5.41, 5.74) is 4.64. The molecule has 2 aromatic carbocycles. The SMILES string of the molecule is Cc1ccc(C)c(NC(=O)NC2CCN(c3nc4ccccc4n(CC(C)C)c3=O)CC2)c1. The van der Waals surface area contributed by atoms with Gasteiger partial charge in [-0.25, -0.2) is 9.78 Å². The van der Waals surface area contributed by atoms with Crippen molar-refractivity contribution >= 4 is 28.6 Å². The number of anilines is 2. The van der Waals surface area contributed by atoms with E-state index in [1.807, 2.05) is 60.9 Å². The van der Waals surface area contributed by atoms with Gasteiger partial charge in [-0.05, 0) is 61.9 Å². The predicted molar refractivity (Wildman–Crippen MR) is 134 cm³/mol. The van der Waals surface area contributed by atoms with Crippen LogP contribution in [0, 0.1) is 19.8 Å². The molecule has 1 fully saturated rings. The van der Waals surface area contributed by atoms with Crippen molar-refractivity contribution in [2.24, 2.45) is 5.92 Å². The molecule has 2 amide bonds. The smallest absolute Gasteiger partial charge is 0.319 e. The molecule has 1 aromatic heterocycles. The molecule has 0 unspecified atom stereocenters. The minimum atomic E-state index is -0.190. The number of rotatable bonds is 5. The van der Waals surface area contributed by atoms with E-state index < -0.39 is 0 Å². The van der Waals surface area contributed by atoms with Crippen LogP contribution in [0.15, 0.2) is 47.3 Å². The van der Waals surface area contributed by atoms with Gasteiger partial charge < -0.3 is 20.1 Å². The lowest BCUT2D eigenvalue weighted by atomic mass is 10.1. The van der Waals surface area contributed by atoms with Crippen LogP contribution in [0.25, 0.3) is 11.0 Å². The fourth-order valence-corrected chi connectivity index (χ4v) is 4.38. The second-order valence-electron chi connectivity index (χ2n) is 9.41. The molecule has 174 valence electrons. The fraction of sp³-hybridized carbons (Fsp3) is 0.423. The molecule has 2 heterocycles. The Kier molecular flexibility index (Phi) is 6.67. The van der Waals surface area contributed by atoms with Gasteiger partial charge in [0.15, 0.2) is 5.82 Å². The number of carbonyl (C=O) groups is 1. The first kappa shape index (κ1) is 22.8. The third-order valence-electron chi connectivity index (χ3n) is 6.15. The number of fused-ring (bicyclic) bond motifs is 1. The van der Waals surface area contributed by atoms with Crippen LogP contribution in [-0.2, 0) is 6.54 Å². The normalized spacial score (nSPS) is 14.6. The van der Waals surface area contributed by atoms with Crippen LogP contribution >= 0.6 is 0 Å². The number of aryl methyl sites for hydroxylation is 2. The highest BCUT2D eigenvalue weighted by molar-refractivity contribution is 5.90. The monoisotopic (exact) mass is 447 g/mol. The third-order valence-corrected chi connectivity index (χ3v) is 6.15. The van der Waals surface area contributed by atoms with Gasteiger partial charge in [-0.3, -0.25) is 4.79 Å². The maximum Gasteiger partial charge on any atom is 0.319 e. The van der Waals surface area contributed by atoms with E-state index in [1.54, 1.807) is 0 Å². The van der Waals surface area contributed by atoms with Crippen molar-refractivity contribution in [3.63, 3.8) is 0 Å². The molecule has 7 nitrogen and oxygen atoms in total. The maximum atomic E-state index is 13.3. The van der Waals surface area contributed by atoms with E-state index >= 15 is 0 Å². The van der Waals surface area contributed by atoms with Gasteiger partial charge in [-0.15, -0.1) is 0 Å². The highest BCUT2D eigenvalue weighted by atomic mass is 16.2. The molecule has 33 heavy (non-hydrogen) atoms. The van der Waals surface area contributed by atoms with Gasteiger partial charge in [-0.1, -0.05) is 38.1 Å².